The van der Waals surface area contributed by atoms with E-state index in [1.165, 1.54) is 25.7 Å². The Balaban J connectivity index is 1.57. The van der Waals surface area contributed by atoms with Gasteiger partial charge in [-0.2, -0.15) is 4.98 Å². The highest BCUT2D eigenvalue weighted by Crippen LogP contribution is 2.38. The molecule has 0 bridgehead atoms. The van der Waals surface area contributed by atoms with Crippen LogP contribution in [0.25, 0.3) is 0 Å². The minimum atomic E-state index is 0.278. The van der Waals surface area contributed by atoms with Crippen molar-refractivity contribution in [1.82, 2.24) is 15.0 Å². The minimum absolute atomic E-state index is 0.278. The third-order valence-corrected chi connectivity index (χ3v) is 4.06. The maximum atomic E-state index is 6.00. The maximum Gasteiger partial charge on any atom is 0.229 e. The van der Waals surface area contributed by atoms with Crippen molar-refractivity contribution in [3.8, 4) is 0 Å². The van der Waals surface area contributed by atoms with Gasteiger partial charge in [-0.1, -0.05) is 5.16 Å². The predicted octanol–water partition coefficient (Wildman–Crippen LogP) is 1.51. The average Bonchev–Trinajstić information content (AvgIpc) is 3.11. The topological polar surface area (TPSA) is 68.2 Å². The molecule has 0 spiro atoms. The lowest BCUT2D eigenvalue weighted by molar-refractivity contribution is 0.150. The van der Waals surface area contributed by atoms with Gasteiger partial charge in [-0.25, -0.2) is 0 Å². The van der Waals surface area contributed by atoms with Gasteiger partial charge in [0.25, 0.3) is 0 Å². The highest BCUT2D eigenvalue weighted by atomic mass is 16.5. The molecule has 1 aliphatic carbocycles. The summed E-state index contributed by atoms with van der Waals surface area (Å²) in [4.78, 5) is 6.89. The van der Waals surface area contributed by atoms with Crippen LogP contribution >= 0.6 is 0 Å². The molecular weight excluding hydrogens is 228 g/mol. The fourth-order valence-corrected chi connectivity index (χ4v) is 2.69. The van der Waals surface area contributed by atoms with Gasteiger partial charge in [0.1, 0.15) is 0 Å². The highest BCUT2D eigenvalue weighted by Gasteiger charge is 2.30. The van der Waals surface area contributed by atoms with E-state index in [0.717, 1.165) is 31.3 Å². The largest absolute Gasteiger partial charge is 0.339 e. The van der Waals surface area contributed by atoms with Crippen molar-refractivity contribution in [3.63, 3.8) is 0 Å². The zero-order valence-electron chi connectivity index (χ0n) is 11.0. The van der Waals surface area contributed by atoms with Crippen LogP contribution in [0.4, 0.5) is 0 Å². The smallest absolute Gasteiger partial charge is 0.229 e. The molecule has 5 heteroatoms. The second-order valence-corrected chi connectivity index (χ2v) is 5.82. The Morgan fingerprint density at radius 3 is 3.00 bits per heavy atom. The van der Waals surface area contributed by atoms with E-state index in [1.54, 1.807) is 0 Å². The van der Waals surface area contributed by atoms with E-state index in [0.29, 0.717) is 11.8 Å². The van der Waals surface area contributed by atoms with Crippen molar-refractivity contribution in [2.45, 2.75) is 51.1 Å². The van der Waals surface area contributed by atoms with E-state index in [2.05, 4.69) is 22.0 Å². The van der Waals surface area contributed by atoms with Crippen LogP contribution in [-0.4, -0.2) is 34.2 Å². The lowest BCUT2D eigenvalue weighted by Crippen LogP contribution is -2.42. The minimum Gasteiger partial charge on any atom is -0.339 e. The van der Waals surface area contributed by atoms with Gasteiger partial charge in [0.2, 0.25) is 5.89 Å². The normalized spacial score (nSPS) is 27.3. The number of aromatic nitrogens is 2. The SMILES string of the molecule is CC(N)C1CCCN(Cc2noc(C3CC3)n2)C1. The molecule has 3 rings (SSSR count). The Morgan fingerprint density at radius 2 is 2.28 bits per heavy atom. The average molecular weight is 250 g/mol. The summed E-state index contributed by atoms with van der Waals surface area (Å²) < 4.78 is 5.29. The maximum absolute atomic E-state index is 6.00. The predicted molar refractivity (Wildman–Crippen MR) is 67.9 cm³/mol. The summed E-state index contributed by atoms with van der Waals surface area (Å²) in [6, 6.07) is 0.278. The van der Waals surface area contributed by atoms with Gasteiger partial charge in [-0.05, 0) is 45.1 Å². The van der Waals surface area contributed by atoms with Crippen LogP contribution in [0.5, 0.6) is 0 Å². The van der Waals surface area contributed by atoms with Gasteiger partial charge in [0.15, 0.2) is 5.82 Å². The zero-order chi connectivity index (χ0) is 12.5. The van der Waals surface area contributed by atoms with Crippen LogP contribution < -0.4 is 5.73 Å². The standard InChI is InChI=1S/C13H22N4O/c1-9(14)11-3-2-6-17(7-11)8-12-15-13(18-16-12)10-4-5-10/h9-11H,2-8,14H2,1H3. The van der Waals surface area contributed by atoms with E-state index in [4.69, 9.17) is 10.3 Å². The Bertz CT molecular complexity index is 399. The van der Waals surface area contributed by atoms with E-state index in [9.17, 15) is 0 Å². The molecule has 2 atom stereocenters. The zero-order valence-corrected chi connectivity index (χ0v) is 11.0. The van der Waals surface area contributed by atoms with Crippen LogP contribution in [0.15, 0.2) is 4.52 Å². The van der Waals surface area contributed by atoms with E-state index in [-0.39, 0.29) is 6.04 Å². The number of likely N-dealkylation sites (tertiary alicyclic amines) is 1. The van der Waals surface area contributed by atoms with Crippen molar-refractivity contribution < 1.29 is 4.52 Å². The molecule has 1 aliphatic heterocycles. The van der Waals surface area contributed by atoms with Crippen LogP contribution in [0.1, 0.15) is 50.2 Å². The molecule has 1 aromatic rings. The molecule has 2 heterocycles. The van der Waals surface area contributed by atoms with Crippen LogP contribution in [-0.2, 0) is 6.54 Å². The highest BCUT2D eigenvalue weighted by molar-refractivity contribution is 5.01. The lowest BCUT2D eigenvalue weighted by Gasteiger charge is -2.33. The third-order valence-electron chi connectivity index (χ3n) is 4.06. The van der Waals surface area contributed by atoms with Crippen molar-refractivity contribution >= 4 is 0 Å². The summed E-state index contributed by atoms with van der Waals surface area (Å²) in [7, 11) is 0. The summed E-state index contributed by atoms with van der Waals surface area (Å²) in [5.74, 6) is 2.82. The van der Waals surface area contributed by atoms with Gasteiger partial charge in [-0.15, -0.1) is 0 Å². The molecule has 1 aromatic heterocycles. The number of nitrogens with zero attached hydrogens (tertiary/aromatic N) is 3. The summed E-state index contributed by atoms with van der Waals surface area (Å²) in [6.45, 7) is 5.09. The number of hydrogen-bond acceptors (Lipinski definition) is 5. The summed E-state index contributed by atoms with van der Waals surface area (Å²) in [6.07, 6.45) is 4.88. The molecule has 2 fully saturated rings. The van der Waals surface area contributed by atoms with Crippen molar-refractivity contribution in [2.75, 3.05) is 13.1 Å². The summed E-state index contributed by atoms with van der Waals surface area (Å²) in [5, 5.41) is 4.08. The number of rotatable bonds is 4. The lowest BCUT2D eigenvalue weighted by atomic mass is 9.92. The molecule has 0 aromatic carbocycles. The Kier molecular flexibility index (Phi) is 3.35. The Labute approximate surface area is 108 Å². The molecule has 2 N–H and O–H groups in total. The van der Waals surface area contributed by atoms with Crippen molar-refractivity contribution in [3.05, 3.63) is 11.7 Å². The Hall–Kier alpha value is -0.940. The van der Waals surface area contributed by atoms with Crippen molar-refractivity contribution in [1.29, 1.82) is 0 Å². The van der Waals surface area contributed by atoms with E-state index >= 15 is 0 Å². The first-order valence-corrected chi connectivity index (χ1v) is 7.03. The van der Waals surface area contributed by atoms with Crippen molar-refractivity contribution in [2.24, 2.45) is 11.7 Å². The molecule has 1 saturated carbocycles. The fourth-order valence-electron chi connectivity index (χ4n) is 2.69. The molecule has 0 radical (unpaired) electrons. The molecule has 18 heavy (non-hydrogen) atoms. The van der Waals surface area contributed by atoms with E-state index < -0.39 is 0 Å². The van der Waals surface area contributed by atoms with E-state index in [1.807, 2.05) is 0 Å². The number of piperidine rings is 1. The van der Waals surface area contributed by atoms with Crippen LogP contribution in [0.3, 0.4) is 0 Å². The van der Waals surface area contributed by atoms with Gasteiger partial charge in [0, 0.05) is 18.5 Å². The van der Waals surface area contributed by atoms with Gasteiger partial charge >= 0.3 is 0 Å². The first kappa shape index (κ1) is 12.1. The molecule has 0 amide bonds. The quantitative estimate of drug-likeness (QED) is 0.877. The first-order chi connectivity index (χ1) is 8.72. The fraction of sp³-hybridized carbons (Fsp3) is 0.846. The van der Waals surface area contributed by atoms with Gasteiger partial charge in [-0.3, -0.25) is 4.90 Å². The number of hydrogen-bond donors (Lipinski definition) is 1. The molecule has 100 valence electrons. The van der Waals surface area contributed by atoms with Gasteiger partial charge < -0.3 is 10.3 Å². The van der Waals surface area contributed by atoms with Crippen LogP contribution in [0, 0.1) is 5.92 Å². The summed E-state index contributed by atoms with van der Waals surface area (Å²) >= 11 is 0. The second-order valence-electron chi connectivity index (χ2n) is 5.82. The number of nitrogens with two attached hydrogens (primary N) is 1. The molecule has 1 saturated heterocycles. The molecule has 2 aliphatic rings. The molecular formula is C13H22N4O. The first-order valence-electron chi connectivity index (χ1n) is 7.03. The molecule has 5 nitrogen and oxygen atoms in total. The second kappa shape index (κ2) is 4.97. The summed E-state index contributed by atoms with van der Waals surface area (Å²) in [5.41, 5.74) is 6.00. The van der Waals surface area contributed by atoms with Crippen LogP contribution in [0.2, 0.25) is 0 Å². The van der Waals surface area contributed by atoms with Gasteiger partial charge in [0.05, 0.1) is 6.54 Å². The monoisotopic (exact) mass is 250 g/mol. The third kappa shape index (κ3) is 2.72. The Morgan fingerprint density at radius 1 is 1.44 bits per heavy atom. The molecule has 2 unspecified atom stereocenters.